The van der Waals surface area contributed by atoms with Crippen LogP contribution < -0.4 is 16.4 Å². The molecule has 40 heavy (non-hydrogen) atoms. The van der Waals surface area contributed by atoms with Crippen molar-refractivity contribution in [1.82, 2.24) is 19.8 Å². The molecule has 1 aromatic heterocycles. The van der Waals surface area contributed by atoms with Crippen LogP contribution in [-0.2, 0) is 24.4 Å². The Morgan fingerprint density at radius 2 is 1.75 bits per heavy atom. The molecule has 4 N–H and O–H groups in total. The highest BCUT2D eigenvalue weighted by Gasteiger charge is 2.29. The smallest absolute Gasteiger partial charge is 0.254 e. The van der Waals surface area contributed by atoms with Crippen LogP contribution in [-0.4, -0.2) is 33.1 Å². The quantitative estimate of drug-likeness (QED) is 0.221. The Hall–Kier alpha value is -3.87. The van der Waals surface area contributed by atoms with E-state index in [-0.39, 0.29) is 32.1 Å². The maximum Gasteiger partial charge on any atom is 0.254 e. The molecule has 0 spiro atoms. The van der Waals surface area contributed by atoms with Crippen molar-refractivity contribution in [3.8, 4) is 11.3 Å². The summed E-state index contributed by atoms with van der Waals surface area (Å²) in [6.07, 6.45) is -1.16. The molecule has 210 valence electrons. The minimum Gasteiger partial charge on any atom is -0.340 e. The number of aromatic nitrogens is 2. The molecule has 0 radical (unpaired) electrons. The molecule has 0 unspecified atom stereocenters. The third-order valence-electron chi connectivity index (χ3n) is 6.60. The summed E-state index contributed by atoms with van der Waals surface area (Å²) < 4.78 is 57.1. The zero-order valence-electron chi connectivity index (χ0n) is 21.5. The van der Waals surface area contributed by atoms with Gasteiger partial charge in [0.15, 0.2) is 23.3 Å². The van der Waals surface area contributed by atoms with Gasteiger partial charge in [-0.05, 0) is 43.3 Å². The second-order valence-corrected chi connectivity index (χ2v) is 9.33. The normalized spacial score (nSPS) is 13.4. The van der Waals surface area contributed by atoms with Crippen LogP contribution in [0.3, 0.4) is 0 Å². The molecule has 0 aliphatic carbocycles. The lowest BCUT2D eigenvalue weighted by molar-refractivity contribution is -0.135. The summed E-state index contributed by atoms with van der Waals surface area (Å²) in [5.74, 6) is -3.28. The second-order valence-electron chi connectivity index (χ2n) is 9.33. The average molecular weight is 573 g/mol. The fourth-order valence-corrected chi connectivity index (χ4v) is 4.45. The Bertz CT molecular complexity index is 1530. The van der Waals surface area contributed by atoms with E-state index in [1.54, 1.807) is 0 Å². The first kappa shape index (κ1) is 29.1. The monoisotopic (exact) mass is 572 g/mol. The minimum atomic E-state index is -1.16. The molecule has 12 heteroatoms. The number of hydrogen-bond donors (Lipinski definition) is 3. The summed E-state index contributed by atoms with van der Waals surface area (Å²) in [6, 6.07) is 15.0. The van der Waals surface area contributed by atoms with Crippen molar-refractivity contribution >= 4 is 30.9 Å². The van der Waals surface area contributed by atoms with Crippen molar-refractivity contribution in [3.05, 3.63) is 101 Å². The van der Waals surface area contributed by atoms with Gasteiger partial charge in [0.25, 0.3) is 5.91 Å². The Labute approximate surface area is 235 Å². The van der Waals surface area contributed by atoms with Crippen molar-refractivity contribution < 1.29 is 22.4 Å². The Balaban J connectivity index is 0.00000370. The number of fused-ring (bicyclic) bond motifs is 1. The first-order valence-electron chi connectivity index (χ1n) is 12.3. The van der Waals surface area contributed by atoms with Gasteiger partial charge in [-0.15, -0.1) is 0 Å². The second kappa shape index (κ2) is 12.1. The highest BCUT2D eigenvalue weighted by atomic mass is 32.1. The van der Waals surface area contributed by atoms with Gasteiger partial charge in [0.2, 0.25) is 0 Å². The maximum absolute atomic E-state index is 14.1. The third-order valence-corrected chi connectivity index (χ3v) is 6.60. The Kier molecular flexibility index (Phi) is 8.82. The number of aryl methyl sites for hydroxylation is 1. The van der Waals surface area contributed by atoms with Gasteiger partial charge in [-0.25, -0.2) is 22.5 Å². The molecule has 1 atom stereocenters. The van der Waals surface area contributed by atoms with Gasteiger partial charge in [0, 0.05) is 36.4 Å². The van der Waals surface area contributed by atoms with E-state index in [0.29, 0.717) is 36.0 Å². The van der Waals surface area contributed by atoms with Crippen LogP contribution in [0, 0.1) is 30.2 Å². The first-order valence-corrected chi connectivity index (χ1v) is 12.3. The lowest BCUT2D eigenvalue weighted by Crippen LogP contribution is -2.53. The summed E-state index contributed by atoms with van der Waals surface area (Å²) in [7, 11) is 0. The third kappa shape index (κ3) is 5.98. The van der Waals surface area contributed by atoms with Crippen molar-refractivity contribution in [1.29, 1.82) is 0 Å². The van der Waals surface area contributed by atoms with Crippen LogP contribution >= 0.6 is 13.5 Å². The fraction of sp³-hybridized carbons (Fsp3) is 0.214. The van der Waals surface area contributed by atoms with Crippen LogP contribution in [0.5, 0.6) is 0 Å². The van der Waals surface area contributed by atoms with E-state index in [9.17, 15) is 22.4 Å². The van der Waals surface area contributed by atoms with Crippen LogP contribution in [0.2, 0.25) is 0 Å². The molecular weight excluding hydrogens is 544 g/mol. The molecule has 4 aromatic rings. The summed E-state index contributed by atoms with van der Waals surface area (Å²) in [5, 5.41) is 6.08. The summed E-state index contributed by atoms with van der Waals surface area (Å²) >= 11 is 0. The maximum atomic E-state index is 14.1. The van der Waals surface area contributed by atoms with Gasteiger partial charge in [-0.1, -0.05) is 29.8 Å². The van der Waals surface area contributed by atoms with E-state index in [2.05, 4.69) is 15.6 Å². The zero-order valence-corrected chi connectivity index (χ0v) is 22.5. The van der Waals surface area contributed by atoms with Gasteiger partial charge < -0.3 is 20.5 Å². The van der Waals surface area contributed by atoms with Gasteiger partial charge in [0.1, 0.15) is 23.5 Å². The van der Waals surface area contributed by atoms with Gasteiger partial charge in [-0.2, -0.15) is 13.5 Å². The molecule has 0 fully saturated rings. The lowest BCUT2D eigenvalue weighted by atomic mass is 10.1. The molecule has 1 aliphatic heterocycles. The number of imidazole rings is 1. The van der Waals surface area contributed by atoms with Crippen LogP contribution in [0.4, 0.5) is 29.1 Å². The summed E-state index contributed by atoms with van der Waals surface area (Å²) in [5.41, 5.74) is 8.73. The number of nitrogens with two attached hydrogens (primary N) is 1. The highest BCUT2D eigenvalue weighted by Crippen LogP contribution is 2.34. The number of rotatable bonds is 7. The predicted molar refractivity (Wildman–Crippen MR) is 149 cm³/mol. The highest BCUT2D eigenvalue weighted by molar-refractivity contribution is 7.59. The van der Waals surface area contributed by atoms with Gasteiger partial charge in [-0.3, -0.25) is 10.1 Å². The molecule has 5 rings (SSSR count). The topological polar surface area (TPSA) is 88.2 Å². The minimum absolute atomic E-state index is 0. The van der Waals surface area contributed by atoms with E-state index in [4.69, 9.17) is 5.73 Å². The molecule has 2 heterocycles. The van der Waals surface area contributed by atoms with Crippen molar-refractivity contribution in [3.63, 3.8) is 0 Å². The number of carbonyl (C=O) groups excluding carboxylic acids is 1. The molecule has 7 nitrogen and oxygen atoms in total. The number of carbonyl (C=O) groups is 1. The van der Waals surface area contributed by atoms with E-state index in [0.717, 1.165) is 29.4 Å². The number of nitrogens with zero attached hydrogens (tertiary/aromatic N) is 3. The van der Waals surface area contributed by atoms with Crippen LogP contribution in [0.25, 0.3) is 11.3 Å². The summed E-state index contributed by atoms with van der Waals surface area (Å²) in [6.45, 7) is 2.60. The largest absolute Gasteiger partial charge is 0.340 e. The Morgan fingerprint density at radius 3 is 2.48 bits per heavy atom. The van der Waals surface area contributed by atoms with E-state index in [1.807, 2.05) is 35.8 Å². The van der Waals surface area contributed by atoms with Gasteiger partial charge in [0.05, 0.1) is 6.54 Å². The first-order chi connectivity index (χ1) is 18.7. The molecule has 0 saturated heterocycles. The van der Waals surface area contributed by atoms with E-state index in [1.165, 1.54) is 23.1 Å². The number of nitrogens with one attached hydrogen (secondary N) is 2. The zero-order chi connectivity index (χ0) is 27.7. The molecular formula is C28H28F4N6OS. The molecule has 1 aliphatic rings. The number of anilines is 2. The Morgan fingerprint density at radius 1 is 1.00 bits per heavy atom. The van der Waals surface area contributed by atoms with Gasteiger partial charge >= 0.3 is 0 Å². The SMILES string of the molecule is Cc1ccc(Nc2c(-c3ccc(F)c(F)c3)nc3n2CCN(C(=O)[C@@H](N)NCc2cccc(F)c2F)C3)cc1.S. The van der Waals surface area contributed by atoms with E-state index < -0.39 is 35.3 Å². The number of amides is 1. The number of hydrogen-bond acceptors (Lipinski definition) is 5. The fourth-order valence-electron chi connectivity index (χ4n) is 4.45. The molecule has 3 aromatic carbocycles. The predicted octanol–water partition coefficient (Wildman–Crippen LogP) is 4.69. The molecule has 0 bridgehead atoms. The number of benzene rings is 3. The van der Waals surface area contributed by atoms with Crippen LogP contribution in [0.1, 0.15) is 17.0 Å². The van der Waals surface area contributed by atoms with Crippen molar-refractivity contribution in [2.45, 2.75) is 32.7 Å². The average Bonchev–Trinajstić information content (AvgIpc) is 3.29. The van der Waals surface area contributed by atoms with Crippen molar-refractivity contribution in [2.24, 2.45) is 5.73 Å². The van der Waals surface area contributed by atoms with E-state index >= 15 is 0 Å². The lowest BCUT2D eigenvalue weighted by Gasteiger charge is -2.30. The van der Waals surface area contributed by atoms with Crippen molar-refractivity contribution in [2.75, 3.05) is 11.9 Å². The molecule has 0 saturated carbocycles. The summed E-state index contributed by atoms with van der Waals surface area (Å²) in [4.78, 5) is 19.3. The standard InChI is InChI=1S/C28H26F4N6O.H2S/c1-16-5-8-19(9-6-16)35-27-25(17-7-10-20(29)22(31)13-17)36-23-15-37(11-12-38(23)27)28(39)26(33)34-14-18-3-2-4-21(30)24(18)32;/h2-10,13,26,34-35H,11-12,14-15,33H2,1H3;1H2/t26-;/m0./s1. The number of halogens is 4. The van der Waals surface area contributed by atoms with Crippen LogP contribution in [0.15, 0.2) is 60.7 Å². The molecule has 1 amide bonds.